The summed E-state index contributed by atoms with van der Waals surface area (Å²) in [5, 5.41) is 13.2. The van der Waals surface area contributed by atoms with Crippen LogP contribution in [0.4, 0.5) is 0 Å². The standard InChI is InChI=1S/C17H25N3O/c1-3-19-17(13-18,15-7-5-4-6-8-15)14-20-11-9-16(21-2)10-12-20/h4-8,16,19H,3,9-12,14H2,1-2H3. The monoisotopic (exact) mass is 287 g/mol. The number of hydrogen-bond donors (Lipinski definition) is 1. The molecule has 4 nitrogen and oxygen atoms in total. The summed E-state index contributed by atoms with van der Waals surface area (Å²) >= 11 is 0. The molecule has 1 aliphatic heterocycles. The summed E-state index contributed by atoms with van der Waals surface area (Å²) in [5.74, 6) is 0. The van der Waals surface area contributed by atoms with E-state index in [9.17, 15) is 5.26 Å². The van der Waals surface area contributed by atoms with E-state index in [0.29, 0.717) is 6.10 Å². The van der Waals surface area contributed by atoms with E-state index in [1.165, 1.54) is 0 Å². The Morgan fingerprint density at radius 2 is 2.00 bits per heavy atom. The van der Waals surface area contributed by atoms with Crippen LogP contribution in [0, 0.1) is 11.3 Å². The van der Waals surface area contributed by atoms with E-state index < -0.39 is 5.54 Å². The average molecular weight is 287 g/mol. The minimum Gasteiger partial charge on any atom is -0.381 e. The van der Waals surface area contributed by atoms with Gasteiger partial charge in [-0.3, -0.25) is 10.2 Å². The Morgan fingerprint density at radius 3 is 2.52 bits per heavy atom. The lowest BCUT2D eigenvalue weighted by Gasteiger charge is -2.37. The van der Waals surface area contributed by atoms with Crippen LogP contribution >= 0.6 is 0 Å². The third-order valence-corrected chi connectivity index (χ3v) is 4.26. The van der Waals surface area contributed by atoms with Crippen molar-refractivity contribution in [3.63, 3.8) is 0 Å². The van der Waals surface area contributed by atoms with Crippen molar-refractivity contribution in [1.29, 1.82) is 5.26 Å². The highest BCUT2D eigenvalue weighted by atomic mass is 16.5. The van der Waals surface area contributed by atoms with Gasteiger partial charge in [0.25, 0.3) is 0 Å². The molecule has 0 radical (unpaired) electrons. The number of benzene rings is 1. The van der Waals surface area contributed by atoms with Gasteiger partial charge in [0.1, 0.15) is 5.54 Å². The second-order valence-electron chi connectivity index (χ2n) is 5.62. The van der Waals surface area contributed by atoms with Gasteiger partial charge in [-0.2, -0.15) is 5.26 Å². The summed E-state index contributed by atoms with van der Waals surface area (Å²) in [4.78, 5) is 2.37. The molecule has 114 valence electrons. The largest absolute Gasteiger partial charge is 0.381 e. The molecular formula is C17H25N3O. The van der Waals surface area contributed by atoms with Gasteiger partial charge in [0.05, 0.1) is 12.2 Å². The molecule has 1 heterocycles. The van der Waals surface area contributed by atoms with Crippen LogP contribution in [0.25, 0.3) is 0 Å². The molecule has 1 aromatic carbocycles. The molecule has 0 aliphatic carbocycles. The second-order valence-corrected chi connectivity index (χ2v) is 5.62. The van der Waals surface area contributed by atoms with E-state index in [1.54, 1.807) is 7.11 Å². The summed E-state index contributed by atoms with van der Waals surface area (Å²) < 4.78 is 5.42. The summed E-state index contributed by atoms with van der Waals surface area (Å²) in [6.45, 7) is 5.52. The van der Waals surface area contributed by atoms with Gasteiger partial charge < -0.3 is 4.74 Å². The first-order chi connectivity index (χ1) is 10.2. The molecule has 1 atom stereocenters. The van der Waals surface area contributed by atoms with Crippen LogP contribution in [0.15, 0.2) is 30.3 Å². The van der Waals surface area contributed by atoms with Gasteiger partial charge in [-0.05, 0) is 24.9 Å². The van der Waals surface area contributed by atoms with Crippen molar-refractivity contribution >= 4 is 0 Å². The Hall–Kier alpha value is -1.41. The number of nitrogens with zero attached hydrogens (tertiary/aromatic N) is 2. The molecule has 2 rings (SSSR count). The summed E-state index contributed by atoms with van der Waals surface area (Å²) in [6.07, 6.45) is 2.45. The van der Waals surface area contributed by atoms with Crippen molar-refractivity contribution in [2.24, 2.45) is 0 Å². The molecule has 4 heteroatoms. The van der Waals surface area contributed by atoms with Crippen molar-refractivity contribution in [2.45, 2.75) is 31.4 Å². The van der Waals surface area contributed by atoms with Gasteiger partial charge in [-0.15, -0.1) is 0 Å². The molecule has 1 saturated heterocycles. The topological polar surface area (TPSA) is 48.3 Å². The molecule has 0 aromatic heterocycles. The lowest BCUT2D eigenvalue weighted by atomic mass is 9.89. The first kappa shape index (κ1) is 16.0. The minimum atomic E-state index is -0.629. The highest BCUT2D eigenvalue weighted by Crippen LogP contribution is 2.24. The normalized spacial score (nSPS) is 19.9. The SMILES string of the molecule is CCNC(C#N)(CN1CCC(OC)CC1)c1ccccc1. The smallest absolute Gasteiger partial charge is 0.145 e. The fourth-order valence-electron chi connectivity index (χ4n) is 3.05. The molecule has 1 unspecified atom stereocenters. The van der Waals surface area contributed by atoms with Crippen LogP contribution in [0.3, 0.4) is 0 Å². The first-order valence-corrected chi connectivity index (χ1v) is 7.71. The average Bonchev–Trinajstić information content (AvgIpc) is 2.56. The van der Waals surface area contributed by atoms with Gasteiger partial charge >= 0.3 is 0 Å². The highest BCUT2D eigenvalue weighted by molar-refractivity contribution is 5.32. The number of likely N-dealkylation sites (N-methyl/N-ethyl adjacent to an activating group) is 1. The molecule has 0 bridgehead atoms. The summed E-state index contributed by atoms with van der Waals surface area (Å²) in [7, 11) is 1.78. The van der Waals surface area contributed by atoms with Gasteiger partial charge in [-0.25, -0.2) is 0 Å². The number of methoxy groups -OCH3 is 1. The highest BCUT2D eigenvalue weighted by Gasteiger charge is 2.34. The predicted molar refractivity (Wildman–Crippen MR) is 83.9 cm³/mol. The molecule has 1 fully saturated rings. The Balaban J connectivity index is 2.12. The molecule has 1 N–H and O–H groups in total. The fourth-order valence-corrected chi connectivity index (χ4v) is 3.05. The number of hydrogen-bond acceptors (Lipinski definition) is 4. The third-order valence-electron chi connectivity index (χ3n) is 4.26. The van der Waals surface area contributed by atoms with Crippen LogP contribution in [-0.4, -0.2) is 44.3 Å². The van der Waals surface area contributed by atoms with Crippen LogP contribution in [0.1, 0.15) is 25.3 Å². The zero-order valence-electron chi connectivity index (χ0n) is 13.0. The maximum atomic E-state index is 9.83. The van der Waals surface area contributed by atoms with Crippen LogP contribution in [-0.2, 0) is 10.3 Å². The van der Waals surface area contributed by atoms with Crippen LogP contribution < -0.4 is 5.32 Å². The van der Waals surface area contributed by atoms with Crippen molar-refractivity contribution < 1.29 is 4.74 Å². The van der Waals surface area contributed by atoms with Crippen molar-refractivity contribution in [2.75, 3.05) is 33.3 Å². The van der Waals surface area contributed by atoms with E-state index in [-0.39, 0.29) is 0 Å². The molecule has 1 aromatic rings. The second kappa shape index (κ2) is 7.56. The Labute approximate surface area is 127 Å². The zero-order chi connectivity index (χ0) is 15.1. The molecule has 0 spiro atoms. The third kappa shape index (κ3) is 3.82. The molecular weight excluding hydrogens is 262 g/mol. The first-order valence-electron chi connectivity index (χ1n) is 7.71. The van der Waals surface area contributed by atoms with Crippen molar-refractivity contribution in [1.82, 2.24) is 10.2 Å². The maximum absolute atomic E-state index is 9.83. The van der Waals surface area contributed by atoms with E-state index in [1.807, 2.05) is 37.3 Å². The molecule has 21 heavy (non-hydrogen) atoms. The summed E-state index contributed by atoms with van der Waals surface area (Å²) in [5.41, 5.74) is 0.416. The Morgan fingerprint density at radius 1 is 1.33 bits per heavy atom. The van der Waals surface area contributed by atoms with Crippen LogP contribution in [0.2, 0.25) is 0 Å². The molecule has 1 aliphatic rings. The van der Waals surface area contributed by atoms with Gasteiger partial charge in [0.2, 0.25) is 0 Å². The molecule has 0 amide bonds. The van der Waals surface area contributed by atoms with E-state index in [4.69, 9.17) is 4.74 Å². The number of piperidine rings is 1. The predicted octanol–water partition coefficient (Wildman–Crippen LogP) is 2.13. The fraction of sp³-hybridized carbons (Fsp3) is 0.588. The lowest BCUT2D eigenvalue weighted by molar-refractivity contribution is 0.0351. The number of nitriles is 1. The molecule has 0 saturated carbocycles. The minimum absolute atomic E-state index is 0.369. The van der Waals surface area contributed by atoms with Gasteiger partial charge in [0, 0.05) is 26.7 Å². The zero-order valence-corrected chi connectivity index (χ0v) is 13.0. The number of ether oxygens (including phenoxy) is 1. The van der Waals surface area contributed by atoms with Gasteiger partial charge in [0.15, 0.2) is 0 Å². The van der Waals surface area contributed by atoms with E-state index in [2.05, 4.69) is 16.3 Å². The number of nitrogens with one attached hydrogen (secondary N) is 1. The Kier molecular flexibility index (Phi) is 5.75. The van der Waals surface area contributed by atoms with Crippen molar-refractivity contribution in [3.8, 4) is 6.07 Å². The van der Waals surface area contributed by atoms with E-state index in [0.717, 1.165) is 44.6 Å². The maximum Gasteiger partial charge on any atom is 0.145 e. The number of rotatable bonds is 6. The van der Waals surface area contributed by atoms with Crippen LogP contribution in [0.5, 0.6) is 0 Å². The van der Waals surface area contributed by atoms with Gasteiger partial charge in [-0.1, -0.05) is 37.3 Å². The quantitative estimate of drug-likeness (QED) is 0.871. The lowest BCUT2D eigenvalue weighted by Crippen LogP contribution is -2.52. The van der Waals surface area contributed by atoms with E-state index >= 15 is 0 Å². The van der Waals surface area contributed by atoms with Crippen molar-refractivity contribution in [3.05, 3.63) is 35.9 Å². The summed E-state index contributed by atoms with van der Waals surface area (Å²) in [6, 6.07) is 12.6. The Bertz CT molecular complexity index is 463. The number of likely N-dealkylation sites (tertiary alicyclic amines) is 1.